The first-order valence-electron chi connectivity index (χ1n) is 6.36. The van der Waals surface area contributed by atoms with Crippen molar-refractivity contribution in [1.29, 1.82) is 0 Å². The number of fused-ring (bicyclic) bond motifs is 1. The van der Waals surface area contributed by atoms with Crippen molar-refractivity contribution in [3.8, 4) is 5.69 Å². The van der Waals surface area contributed by atoms with E-state index in [4.69, 9.17) is 4.74 Å². The molecular formula is C16H14N2O2. The number of rotatable bonds is 3. The molecule has 0 aliphatic carbocycles. The van der Waals surface area contributed by atoms with Gasteiger partial charge in [-0.3, -0.25) is 9.36 Å². The number of nitrogens with zero attached hydrogens (tertiary/aromatic N) is 2. The largest absolute Gasteiger partial charge is 0.377 e. The number of ether oxygens (including phenoxy) is 1. The first-order chi connectivity index (χ1) is 9.81. The number of aromatic nitrogens is 2. The highest BCUT2D eigenvalue weighted by atomic mass is 16.5. The third kappa shape index (κ3) is 2.10. The molecule has 0 aliphatic rings. The fourth-order valence-corrected chi connectivity index (χ4v) is 2.25. The van der Waals surface area contributed by atoms with E-state index in [9.17, 15) is 4.79 Å². The third-order valence-corrected chi connectivity index (χ3v) is 3.13. The topological polar surface area (TPSA) is 44.1 Å². The molecule has 0 atom stereocenters. The predicted molar refractivity (Wildman–Crippen MR) is 78.1 cm³/mol. The van der Waals surface area contributed by atoms with Crippen LogP contribution in [0.3, 0.4) is 0 Å². The van der Waals surface area contributed by atoms with E-state index in [1.807, 2.05) is 48.5 Å². The quantitative estimate of drug-likeness (QED) is 0.731. The Bertz CT molecular complexity index is 794. The maximum Gasteiger partial charge on any atom is 0.266 e. The van der Waals surface area contributed by atoms with Gasteiger partial charge in [-0.05, 0) is 24.3 Å². The van der Waals surface area contributed by atoms with Crippen LogP contribution in [0.25, 0.3) is 16.6 Å². The van der Waals surface area contributed by atoms with E-state index in [0.717, 1.165) is 5.69 Å². The molecule has 0 saturated heterocycles. The van der Waals surface area contributed by atoms with Crippen molar-refractivity contribution in [2.24, 2.45) is 0 Å². The van der Waals surface area contributed by atoms with Crippen molar-refractivity contribution in [3.05, 3.63) is 70.8 Å². The number of benzene rings is 2. The molecule has 0 spiro atoms. The average molecular weight is 266 g/mol. The Morgan fingerprint density at radius 3 is 2.50 bits per heavy atom. The van der Waals surface area contributed by atoms with Gasteiger partial charge in [-0.2, -0.15) is 0 Å². The van der Waals surface area contributed by atoms with Gasteiger partial charge >= 0.3 is 0 Å². The Morgan fingerprint density at radius 1 is 1.05 bits per heavy atom. The van der Waals surface area contributed by atoms with Gasteiger partial charge in [0.25, 0.3) is 5.56 Å². The fraction of sp³-hybridized carbons (Fsp3) is 0.125. The highest BCUT2D eigenvalue weighted by Gasteiger charge is 2.11. The molecule has 0 unspecified atom stereocenters. The van der Waals surface area contributed by atoms with Gasteiger partial charge in [-0.25, -0.2) is 4.98 Å². The predicted octanol–water partition coefficient (Wildman–Crippen LogP) is 2.53. The normalized spacial score (nSPS) is 10.8. The molecule has 4 nitrogen and oxygen atoms in total. The lowest BCUT2D eigenvalue weighted by atomic mass is 10.2. The molecule has 0 N–H and O–H groups in total. The van der Waals surface area contributed by atoms with Crippen molar-refractivity contribution >= 4 is 10.9 Å². The number of hydrogen-bond donors (Lipinski definition) is 0. The van der Waals surface area contributed by atoms with Crippen LogP contribution in [-0.2, 0) is 11.3 Å². The van der Waals surface area contributed by atoms with E-state index < -0.39 is 0 Å². The van der Waals surface area contributed by atoms with Crippen LogP contribution in [0.4, 0.5) is 0 Å². The van der Waals surface area contributed by atoms with Crippen LogP contribution in [0.5, 0.6) is 0 Å². The molecule has 20 heavy (non-hydrogen) atoms. The van der Waals surface area contributed by atoms with Gasteiger partial charge in [0.05, 0.1) is 16.6 Å². The fourth-order valence-electron chi connectivity index (χ4n) is 2.25. The van der Waals surface area contributed by atoms with Crippen molar-refractivity contribution < 1.29 is 4.74 Å². The van der Waals surface area contributed by atoms with Crippen LogP contribution in [0, 0.1) is 0 Å². The Labute approximate surface area is 116 Å². The number of methoxy groups -OCH3 is 1. The second-order valence-electron chi connectivity index (χ2n) is 4.45. The lowest BCUT2D eigenvalue weighted by molar-refractivity contribution is 0.175. The standard InChI is InChI=1S/C16H14N2O2/c1-20-11-15-17-14-10-6-5-9-13(14)16(19)18(15)12-7-3-2-4-8-12/h2-10H,11H2,1H3. The zero-order chi connectivity index (χ0) is 13.9. The van der Waals surface area contributed by atoms with Gasteiger partial charge in [-0.1, -0.05) is 30.3 Å². The van der Waals surface area contributed by atoms with Crippen LogP contribution >= 0.6 is 0 Å². The van der Waals surface area contributed by atoms with E-state index in [-0.39, 0.29) is 12.2 Å². The summed E-state index contributed by atoms with van der Waals surface area (Å²) in [6, 6.07) is 16.8. The summed E-state index contributed by atoms with van der Waals surface area (Å²) >= 11 is 0. The smallest absolute Gasteiger partial charge is 0.266 e. The molecule has 0 fully saturated rings. The maximum atomic E-state index is 12.7. The zero-order valence-electron chi connectivity index (χ0n) is 11.1. The molecule has 1 heterocycles. The summed E-state index contributed by atoms with van der Waals surface area (Å²) < 4.78 is 6.77. The van der Waals surface area contributed by atoms with Crippen LogP contribution in [0.2, 0.25) is 0 Å². The van der Waals surface area contributed by atoms with E-state index in [1.165, 1.54) is 0 Å². The Hall–Kier alpha value is -2.46. The summed E-state index contributed by atoms with van der Waals surface area (Å²) in [4.78, 5) is 17.2. The molecule has 0 bridgehead atoms. The Kier molecular flexibility index (Phi) is 3.31. The maximum absolute atomic E-state index is 12.7. The molecule has 0 radical (unpaired) electrons. The van der Waals surface area contributed by atoms with Crippen LogP contribution in [0.1, 0.15) is 5.82 Å². The zero-order valence-corrected chi connectivity index (χ0v) is 11.1. The molecule has 1 aromatic heterocycles. The minimum atomic E-state index is -0.0751. The summed E-state index contributed by atoms with van der Waals surface area (Å²) in [5, 5.41) is 0.608. The van der Waals surface area contributed by atoms with E-state index >= 15 is 0 Å². The van der Waals surface area contributed by atoms with Gasteiger partial charge in [0.2, 0.25) is 0 Å². The Balaban J connectivity index is 2.36. The highest BCUT2D eigenvalue weighted by molar-refractivity contribution is 5.77. The summed E-state index contributed by atoms with van der Waals surface area (Å²) in [5.41, 5.74) is 1.41. The Morgan fingerprint density at radius 2 is 1.75 bits per heavy atom. The minimum absolute atomic E-state index is 0.0751. The first kappa shape index (κ1) is 12.6. The van der Waals surface area contributed by atoms with Gasteiger partial charge in [0.1, 0.15) is 12.4 Å². The molecule has 100 valence electrons. The van der Waals surface area contributed by atoms with Crippen LogP contribution in [0.15, 0.2) is 59.4 Å². The monoisotopic (exact) mass is 266 g/mol. The lowest BCUT2D eigenvalue weighted by Gasteiger charge is -2.12. The SMILES string of the molecule is COCc1nc2ccccc2c(=O)n1-c1ccccc1. The number of hydrogen-bond acceptors (Lipinski definition) is 3. The highest BCUT2D eigenvalue weighted by Crippen LogP contribution is 2.13. The summed E-state index contributed by atoms with van der Waals surface area (Å²) in [7, 11) is 1.59. The summed E-state index contributed by atoms with van der Waals surface area (Å²) in [6.07, 6.45) is 0. The lowest BCUT2D eigenvalue weighted by Crippen LogP contribution is -2.24. The van der Waals surface area contributed by atoms with Crippen molar-refractivity contribution in [1.82, 2.24) is 9.55 Å². The second kappa shape index (κ2) is 5.27. The molecule has 3 rings (SSSR count). The minimum Gasteiger partial charge on any atom is -0.377 e. The van der Waals surface area contributed by atoms with E-state index in [1.54, 1.807) is 17.7 Å². The van der Waals surface area contributed by atoms with Gasteiger partial charge in [-0.15, -0.1) is 0 Å². The van der Waals surface area contributed by atoms with Crippen LogP contribution in [-0.4, -0.2) is 16.7 Å². The molecule has 0 amide bonds. The van der Waals surface area contributed by atoms with Crippen molar-refractivity contribution in [2.45, 2.75) is 6.61 Å². The van der Waals surface area contributed by atoms with Crippen LogP contribution < -0.4 is 5.56 Å². The third-order valence-electron chi connectivity index (χ3n) is 3.13. The molecule has 4 heteroatoms. The van der Waals surface area contributed by atoms with Crippen molar-refractivity contribution in [2.75, 3.05) is 7.11 Å². The van der Waals surface area contributed by atoms with Gasteiger partial charge < -0.3 is 4.74 Å². The van der Waals surface area contributed by atoms with E-state index in [2.05, 4.69) is 4.98 Å². The van der Waals surface area contributed by atoms with Gasteiger partial charge in [0.15, 0.2) is 0 Å². The number of para-hydroxylation sites is 2. The first-order valence-corrected chi connectivity index (χ1v) is 6.36. The summed E-state index contributed by atoms with van der Waals surface area (Å²) in [6.45, 7) is 0.287. The second-order valence-corrected chi connectivity index (χ2v) is 4.45. The van der Waals surface area contributed by atoms with Crippen molar-refractivity contribution in [3.63, 3.8) is 0 Å². The molecule has 0 aliphatic heterocycles. The molecule has 2 aromatic carbocycles. The average Bonchev–Trinajstić information content (AvgIpc) is 2.49. The molecule has 0 saturated carbocycles. The van der Waals surface area contributed by atoms with Gasteiger partial charge in [0, 0.05) is 7.11 Å². The van der Waals surface area contributed by atoms with E-state index in [0.29, 0.717) is 16.7 Å². The summed E-state index contributed by atoms with van der Waals surface area (Å²) in [5.74, 6) is 0.599. The molecular weight excluding hydrogens is 252 g/mol. The molecule has 3 aromatic rings.